The van der Waals surface area contributed by atoms with Crippen LogP contribution in [0, 0.1) is 0 Å². The first-order chi connectivity index (χ1) is 8.06. The number of carboxylic acid groups (broad SMARTS) is 1. The third-order valence-corrected chi connectivity index (χ3v) is 2.78. The molecule has 0 aliphatic carbocycles. The van der Waals surface area contributed by atoms with E-state index < -0.39 is 12.0 Å². The van der Waals surface area contributed by atoms with Crippen LogP contribution in [0.25, 0.3) is 0 Å². The minimum absolute atomic E-state index is 0.143. The molecule has 0 aromatic heterocycles. The van der Waals surface area contributed by atoms with Crippen LogP contribution >= 0.6 is 11.6 Å². The molecule has 0 radical (unpaired) electrons. The molecule has 1 aliphatic heterocycles. The molecule has 17 heavy (non-hydrogen) atoms. The lowest BCUT2D eigenvalue weighted by Crippen LogP contribution is -2.57. The van der Waals surface area contributed by atoms with Crippen LogP contribution in [-0.2, 0) is 9.59 Å². The molecule has 1 aromatic rings. The molecule has 0 bridgehead atoms. The van der Waals surface area contributed by atoms with Crippen LogP contribution in [0.4, 0.5) is 5.69 Å². The summed E-state index contributed by atoms with van der Waals surface area (Å²) in [5.74, 6) is -1.34. The van der Waals surface area contributed by atoms with Crippen molar-refractivity contribution in [1.29, 1.82) is 0 Å². The Kier molecular flexibility index (Phi) is 3.19. The quantitative estimate of drug-likeness (QED) is 0.816. The van der Waals surface area contributed by atoms with E-state index in [0.29, 0.717) is 5.02 Å². The number of nitrogens with one attached hydrogen (secondary N) is 1. The molecule has 1 aromatic carbocycles. The molecule has 1 aliphatic rings. The van der Waals surface area contributed by atoms with Gasteiger partial charge >= 0.3 is 5.97 Å². The second kappa shape index (κ2) is 4.63. The predicted octanol–water partition coefficient (Wildman–Crippen LogP) is 0.729. The zero-order valence-electron chi connectivity index (χ0n) is 8.89. The van der Waals surface area contributed by atoms with E-state index in [1.807, 2.05) is 0 Å². The highest BCUT2D eigenvalue weighted by atomic mass is 35.5. The third-order valence-electron chi connectivity index (χ3n) is 2.54. The average Bonchev–Trinajstić information content (AvgIpc) is 2.28. The van der Waals surface area contributed by atoms with Crippen molar-refractivity contribution in [2.45, 2.75) is 6.04 Å². The minimum Gasteiger partial charge on any atom is -0.480 e. The second-order valence-corrected chi connectivity index (χ2v) is 4.26. The SMILES string of the molecule is O=C1CN(c2cccc(Cl)c2)CC(C(=O)O)N1. The molecule has 1 saturated heterocycles. The highest BCUT2D eigenvalue weighted by molar-refractivity contribution is 6.30. The number of anilines is 1. The Labute approximate surface area is 103 Å². The van der Waals surface area contributed by atoms with Gasteiger partial charge in [-0.05, 0) is 18.2 Å². The number of aliphatic carboxylic acids is 1. The number of rotatable bonds is 2. The van der Waals surface area contributed by atoms with E-state index in [0.717, 1.165) is 5.69 Å². The Hall–Kier alpha value is -1.75. The number of amides is 1. The normalized spacial score (nSPS) is 19.9. The Bertz CT molecular complexity index is 464. The zero-order valence-corrected chi connectivity index (χ0v) is 9.65. The van der Waals surface area contributed by atoms with Gasteiger partial charge < -0.3 is 15.3 Å². The lowest BCUT2D eigenvalue weighted by Gasteiger charge is -2.32. The van der Waals surface area contributed by atoms with Gasteiger partial charge in [0.15, 0.2) is 0 Å². The van der Waals surface area contributed by atoms with Gasteiger partial charge in [0.1, 0.15) is 6.04 Å². The highest BCUT2D eigenvalue weighted by Crippen LogP contribution is 2.20. The standard InChI is InChI=1S/C11H11ClN2O3/c12-7-2-1-3-8(4-7)14-5-9(11(16)17)13-10(15)6-14/h1-4,9H,5-6H2,(H,13,15)(H,16,17). The van der Waals surface area contributed by atoms with Crippen molar-refractivity contribution in [2.24, 2.45) is 0 Å². The monoisotopic (exact) mass is 254 g/mol. The van der Waals surface area contributed by atoms with Crippen LogP contribution in [0.1, 0.15) is 0 Å². The van der Waals surface area contributed by atoms with Crippen molar-refractivity contribution in [3.8, 4) is 0 Å². The van der Waals surface area contributed by atoms with E-state index in [1.165, 1.54) is 0 Å². The fourth-order valence-electron chi connectivity index (χ4n) is 1.75. The lowest BCUT2D eigenvalue weighted by atomic mass is 10.2. The van der Waals surface area contributed by atoms with Crippen LogP contribution in [0.5, 0.6) is 0 Å². The zero-order chi connectivity index (χ0) is 12.4. The van der Waals surface area contributed by atoms with Gasteiger partial charge in [0.05, 0.1) is 6.54 Å². The molecule has 90 valence electrons. The van der Waals surface area contributed by atoms with Gasteiger partial charge in [0, 0.05) is 17.3 Å². The van der Waals surface area contributed by atoms with Gasteiger partial charge in [-0.25, -0.2) is 4.79 Å². The lowest BCUT2D eigenvalue weighted by molar-refractivity contribution is -0.142. The number of benzene rings is 1. The number of hydrogen-bond acceptors (Lipinski definition) is 3. The Morgan fingerprint density at radius 1 is 1.53 bits per heavy atom. The van der Waals surface area contributed by atoms with Crippen LogP contribution in [-0.4, -0.2) is 36.1 Å². The minimum atomic E-state index is -1.04. The molecular weight excluding hydrogens is 244 g/mol. The van der Waals surface area contributed by atoms with Crippen LogP contribution < -0.4 is 10.2 Å². The van der Waals surface area contributed by atoms with Crippen LogP contribution in [0.15, 0.2) is 24.3 Å². The number of carbonyl (C=O) groups is 2. The predicted molar refractivity (Wildman–Crippen MR) is 63.2 cm³/mol. The average molecular weight is 255 g/mol. The molecule has 0 saturated carbocycles. The van der Waals surface area contributed by atoms with E-state index in [4.69, 9.17) is 16.7 Å². The Morgan fingerprint density at radius 3 is 2.94 bits per heavy atom. The number of carboxylic acids is 1. The molecular formula is C11H11ClN2O3. The summed E-state index contributed by atoms with van der Waals surface area (Å²) in [7, 11) is 0. The molecule has 1 unspecified atom stereocenters. The first-order valence-corrected chi connectivity index (χ1v) is 5.47. The van der Waals surface area contributed by atoms with E-state index >= 15 is 0 Å². The third kappa shape index (κ3) is 2.68. The summed E-state index contributed by atoms with van der Waals surface area (Å²) in [6, 6.07) is 6.11. The van der Waals surface area contributed by atoms with E-state index in [2.05, 4.69) is 5.32 Å². The van der Waals surface area contributed by atoms with Crippen LogP contribution in [0.3, 0.4) is 0 Å². The first-order valence-electron chi connectivity index (χ1n) is 5.09. The number of halogens is 1. The maximum Gasteiger partial charge on any atom is 0.328 e. The van der Waals surface area contributed by atoms with Crippen molar-refractivity contribution in [3.05, 3.63) is 29.3 Å². The summed E-state index contributed by atoms with van der Waals surface area (Å²) in [5.41, 5.74) is 0.749. The molecule has 1 atom stereocenters. The van der Waals surface area contributed by atoms with Gasteiger partial charge in [-0.15, -0.1) is 0 Å². The molecule has 5 nitrogen and oxygen atoms in total. The summed E-state index contributed by atoms with van der Waals surface area (Å²) in [5, 5.41) is 11.9. The van der Waals surface area contributed by atoms with E-state index in [1.54, 1.807) is 29.2 Å². The van der Waals surface area contributed by atoms with Crippen molar-refractivity contribution in [2.75, 3.05) is 18.0 Å². The molecule has 1 heterocycles. The molecule has 1 fully saturated rings. The smallest absolute Gasteiger partial charge is 0.328 e. The summed E-state index contributed by atoms with van der Waals surface area (Å²) in [4.78, 5) is 24.0. The Morgan fingerprint density at radius 2 is 2.29 bits per heavy atom. The second-order valence-electron chi connectivity index (χ2n) is 3.82. The largest absolute Gasteiger partial charge is 0.480 e. The topological polar surface area (TPSA) is 69.6 Å². The van der Waals surface area contributed by atoms with Gasteiger partial charge in [-0.3, -0.25) is 4.79 Å². The number of nitrogens with zero attached hydrogens (tertiary/aromatic N) is 1. The maximum atomic E-state index is 11.4. The molecule has 6 heteroatoms. The molecule has 0 spiro atoms. The molecule has 1 amide bonds. The fraction of sp³-hybridized carbons (Fsp3) is 0.273. The maximum absolute atomic E-state index is 11.4. The van der Waals surface area contributed by atoms with E-state index in [9.17, 15) is 9.59 Å². The van der Waals surface area contributed by atoms with Crippen molar-refractivity contribution < 1.29 is 14.7 Å². The van der Waals surface area contributed by atoms with Gasteiger partial charge in [-0.2, -0.15) is 0 Å². The van der Waals surface area contributed by atoms with Crippen molar-refractivity contribution in [3.63, 3.8) is 0 Å². The van der Waals surface area contributed by atoms with Crippen molar-refractivity contribution >= 4 is 29.2 Å². The van der Waals surface area contributed by atoms with Gasteiger partial charge in [0.2, 0.25) is 5.91 Å². The molecule has 2 rings (SSSR count). The van der Waals surface area contributed by atoms with Crippen LogP contribution in [0.2, 0.25) is 5.02 Å². The summed E-state index contributed by atoms with van der Waals surface area (Å²) in [6.07, 6.45) is 0. The first kappa shape index (κ1) is 11.7. The summed E-state index contributed by atoms with van der Waals surface area (Å²) >= 11 is 5.86. The summed E-state index contributed by atoms with van der Waals surface area (Å²) in [6.45, 7) is 0.380. The summed E-state index contributed by atoms with van der Waals surface area (Å²) < 4.78 is 0. The van der Waals surface area contributed by atoms with E-state index in [-0.39, 0.29) is 19.0 Å². The van der Waals surface area contributed by atoms with Crippen molar-refractivity contribution in [1.82, 2.24) is 5.32 Å². The number of hydrogen-bond donors (Lipinski definition) is 2. The van der Waals surface area contributed by atoms with Gasteiger partial charge in [-0.1, -0.05) is 17.7 Å². The fourth-order valence-corrected chi connectivity index (χ4v) is 1.94. The highest BCUT2D eigenvalue weighted by Gasteiger charge is 2.29. The number of piperazine rings is 1. The number of carbonyl (C=O) groups excluding carboxylic acids is 1. The molecule has 2 N–H and O–H groups in total. The Balaban J connectivity index is 2.21. The van der Waals surface area contributed by atoms with Gasteiger partial charge in [0.25, 0.3) is 0 Å².